The Bertz CT molecular complexity index is 1510. The number of hydrogen-bond acceptors (Lipinski definition) is 3. The molecule has 0 saturated carbocycles. The minimum Gasteiger partial charge on any atom is -0.322 e. The molecule has 40 heavy (non-hydrogen) atoms. The molecule has 0 aromatic heterocycles. The number of aryl methyl sites for hydroxylation is 3. The fraction of sp³-hybridized carbons (Fsp3) is 0.294. The molecule has 0 bridgehead atoms. The van der Waals surface area contributed by atoms with Gasteiger partial charge in [-0.1, -0.05) is 84.4 Å². The van der Waals surface area contributed by atoms with E-state index in [0.717, 1.165) is 38.9 Å². The van der Waals surface area contributed by atoms with Gasteiger partial charge in [0.25, 0.3) is 0 Å². The molecule has 0 heterocycles. The molecule has 3 N–H and O–H groups in total. The van der Waals surface area contributed by atoms with Crippen LogP contribution in [0, 0.1) is 55.4 Å². The summed E-state index contributed by atoms with van der Waals surface area (Å²) in [6.07, 6.45) is 0. The Morgan fingerprint density at radius 2 is 1.05 bits per heavy atom. The Hall–Kier alpha value is -2.63. The molecule has 0 amide bonds. The van der Waals surface area contributed by atoms with Gasteiger partial charge < -0.3 is 5.73 Å². The molecule has 0 saturated heterocycles. The average molecular weight is 644 g/mol. The fourth-order valence-electron chi connectivity index (χ4n) is 4.86. The SMILES string of the molecule is Cc1c(C)c(C)c(S(=O)(=O)N[C@@H](c2ccccc2)[C@@H](N)c2ccccc2)c(C)c1C.Cc1ccc(C)c(C)c1.[Ru]. The van der Waals surface area contributed by atoms with Crippen LogP contribution in [0.5, 0.6) is 0 Å². The number of nitrogens with two attached hydrogens (primary N) is 1. The van der Waals surface area contributed by atoms with Crippen molar-refractivity contribution in [2.24, 2.45) is 5.73 Å². The molecule has 0 aliphatic carbocycles. The smallest absolute Gasteiger partial charge is 0.241 e. The fourth-order valence-corrected chi connectivity index (χ4v) is 6.71. The van der Waals surface area contributed by atoms with Gasteiger partial charge in [0.15, 0.2) is 0 Å². The van der Waals surface area contributed by atoms with Crippen LogP contribution in [0.3, 0.4) is 0 Å². The molecular formula is C34H42N2O2RuS. The first-order chi connectivity index (χ1) is 18.3. The van der Waals surface area contributed by atoms with Crippen LogP contribution in [-0.2, 0) is 29.5 Å². The van der Waals surface area contributed by atoms with Gasteiger partial charge in [-0.3, -0.25) is 0 Å². The Morgan fingerprint density at radius 3 is 1.50 bits per heavy atom. The standard InChI is InChI=1S/C25H30N2O2S.C9H12.Ru/c1-16-17(2)19(4)25(20(5)18(16)3)30(28,29)27-24(22-14-10-7-11-15-22)23(26)21-12-8-6-9-13-21;1-7-4-5-8(2)9(3)6-7;/h6-15,23-24,27H,26H2,1-5H3;4-6H,1-3H3;/t23-,24-;;/m0../s1. The molecule has 0 fully saturated rings. The third-order valence-electron chi connectivity index (χ3n) is 7.85. The Balaban J connectivity index is 0.000000477. The zero-order valence-electron chi connectivity index (χ0n) is 24.8. The van der Waals surface area contributed by atoms with Crippen LogP contribution >= 0.6 is 0 Å². The van der Waals surface area contributed by atoms with Crippen LogP contribution in [0.4, 0.5) is 0 Å². The minimum absolute atomic E-state index is 0. The molecule has 0 aliphatic rings. The maximum atomic E-state index is 13.6. The molecule has 0 spiro atoms. The van der Waals surface area contributed by atoms with Gasteiger partial charge in [0.2, 0.25) is 10.0 Å². The predicted molar refractivity (Wildman–Crippen MR) is 164 cm³/mol. The summed E-state index contributed by atoms with van der Waals surface area (Å²) in [5.41, 5.74) is 17.1. The van der Waals surface area contributed by atoms with Crippen molar-refractivity contribution >= 4 is 10.0 Å². The van der Waals surface area contributed by atoms with Crippen molar-refractivity contribution in [3.63, 3.8) is 0 Å². The van der Waals surface area contributed by atoms with E-state index in [-0.39, 0.29) is 19.5 Å². The van der Waals surface area contributed by atoms with Crippen LogP contribution in [0.25, 0.3) is 0 Å². The molecule has 4 aromatic rings. The van der Waals surface area contributed by atoms with Crippen LogP contribution in [0.2, 0.25) is 0 Å². The summed E-state index contributed by atoms with van der Waals surface area (Å²) in [6.45, 7) is 16.1. The number of sulfonamides is 1. The van der Waals surface area contributed by atoms with Gasteiger partial charge in [-0.25, -0.2) is 13.1 Å². The van der Waals surface area contributed by atoms with Crippen molar-refractivity contribution < 1.29 is 27.9 Å². The second kappa shape index (κ2) is 14.3. The van der Waals surface area contributed by atoms with E-state index in [2.05, 4.69) is 43.7 Å². The van der Waals surface area contributed by atoms with Crippen LogP contribution in [0.1, 0.15) is 67.7 Å². The molecule has 2 atom stereocenters. The summed E-state index contributed by atoms with van der Waals surface area (Å²) >= 11 is 0. The number of hydrogen-bond donors (Lipinski definition) is 2. The Kier molecular flexibility index (Phi) is 12.0. The van der Waals surface area contributed by atoms with E-state index in [1.165, 1.54) is 16.7 Å². The second-order valence-corrected chi connectivity index (χ2v) is 12.1. The third-order valence-corrected chi connectivity index (χ3v) is 9.56. The van der Waals surface area contributed by atoms with E-state index in [1.807, 2.05) is 95.3 Å². The van der Waals surface area contributed by atoms with Gasteiger partial charge in [0, 0.05) is 19.5 Å². The molecule has 4 rings (SSSR count). The summed E-state index contributed by atoms with van der Waals surface area (Å²) in [7, 11) is -3.81. The molecular weight excluding hydrogens is 602 g/mol. The van der Waals surface area contributed by atoms with Gasteiger partial charge in [-0.05, 0) is 105 Å². The van der Waals surface area contributed by atoms with Gasteiger partial charge in [0.05, 0.1) is 17.0 Å². The van der Waals surface area contributed by atoms with Gasteiger partial charge in [-0.2, -0.15) is 0 Å². The van der Waals surface area contributed by atoms with E-state index in [9.17, 15) is 8.42 Å². The summed E-state index contributed by atoms with van der Waals surface area (Å²) in [4.78, 5) is 0.351. The number of nitrogens with one attached hydrogen (secondary N) is 1. The minimum atomic E-state index is -3.81. The van der Waals surface area contributed by atoms with E-state index in [1.54, 1.807) is 0 Å². The first-order valence-electron chi connectivity index (χ1n) is 13.3. The molecule has 4 nitrogen and oxygen atoms in total. The summed E-state index contributed by atoms with van der Waals surface area (Å²) in [5.74, 6) is 0. The molecule has 0 unspecified atom stereocenters. The topological polar surface area (TPSA) is 72.2 Å². The molecule has 6 heteroatoms. The van der Waals surface area contributed by atoms with E-state index < -0.39 is 22.1 Å². The van der Waals surface area contributed by atoms with Gasteiger partial charge in [-0.15, -0.1) is 0 Å². The van der Waals surface area contributed by atoms with Gasteiger partial charge >= 0.3 is 0 Å². The largest absolute Gasteiger partial charge is 0.322 e. The van der Waals surface area contributed by atoms with E-state index in [0.29, 0.717) is 4.90 Å². The average Bonchev–Trinajstić information content (AvgIpc) is 2.92. The molecule has 0 radical (unpaired) electrons. The number of rotatable bonds is 6. The zero-order chi connectivity index (χ0) is 28.9. The van der Waals surface area contributed by atoms with Crippen molar-refractivity contribution in [1.29, 1.82) is 0 Å². The zero-order valence-corrected chi connectivity index (χ0v) is 27.4. The summed E-state index contributed by atoms with van der Waals surface area (Å²) < 4.78 is 30.2. The molecule has 214 valence electrons. The quantitative estimate of drug-likeness (QED) is 0.213. The van der Waals surface area contributed by atoms with Crippen molar-refractivity contribution in [1.82, 2.24) is 4.72 Å². The molecule has 0 aliphatic heterocycles. The van der Waals surface area contributed by atoms with Gasteiger partial charge in [0.1, 0.15) is 0 Å². The second-order valence-electron chi connectivity index (χ2n) is 10.5. The Labute approximate surface area is 254 Å². The van der Waals surface area contributed by atoms with Crippen molar-refractivity contribution in [2.75, 3.05) is 0 Å². The molecule has 4 aromatic carbocycles. The van der Waals surface area contributed by atoms with Crippen LogP contribution in [0.15, 0.2) is 83.8 Å². The van der Waals surface area contributed by atoms with E-state index >= 15 is 0 Å². The van der Waals surface area contributed by atoms with Crippen LogP contribution in [-0.4, -0.2) is 8.42 Å². The maximum absolute atomic E-state index is 13.6. The first kappa shape index (κ1) is 33.6. The maximum Gasteiger partial charge on any atom is 0.241 e. The van der Waals surface area contributed by atoms with Crippen molar-refractivity contribution in [3.8, 4) is 0 Å². The summed E-state index contributed by atoms with van der Waals surface area (Å²) in [5, 5.41) is 0. The van der Waals surface area contributed by atoms with Crippen molar-refractivity contribution in [3.05, 3.63) is 134 Å². The summed E-state index contributed by atoms with van der Waals surface area (Å²) in [6, 6.07) is 24.5. The third kappa shape index (κ3) is 7.76. The Morgan fingerprint density at radius 1 is 0.600 bits per heavy atom. The number of benzene rings is 4. The predicted octanol–water partition coefficient (Wildman–Crippen LogP) is 7.56. The normalized spacial score (nSPS) is 12.5. The van der Waals surface area contributed by atoms with E-state index in [4.69, 9.17) is 5.73 Å². The monoisotopic (exact) mass is 644 g/mol. The van der Waals surface area contributed by atoms with Crippen LogP contribution < -0.4 is 10.5 Å². The first-order valence-corrected chi connectivity index (χ1v) is 14.8. The van der Waals surface area contributed by atoms with Crippen molar-refractivity contribution in [2.45, 2.75) is 72.4 Å².